The summed E-state index contributed by atoms with van der Waals surface area (Å²) < 4.78 is 17.6. The minimum atomic E-state index is -0.525. The number of benzene rings is 1. The third-order valence-corrected chi connectivity index (χ3v) is 6.17. The number of aliphatic hydroxyl groups excluding tert-OH is 1. The summed E-state index contributed by atoms with van der Waals surface area (Å²) in [5.41, 5.74) is 1.68. The fourth-order valence-corrected chi connectivity index (χ4v) is 4.78. The average molecular weight is 410 g/mol. The Bertz CT molecular complexity index is 764. The molecule has 7 heteroatoms. The van der Waals surface area contributed by atoms with E-state index < -0.39 is 6.10 Å². The zero-order chi connectivity index (χ0) is 17.8. The predicted octanol–water partition coefficient (Wildman–Crippen LogP) is 2.75. The van der Waals surface area contributed by atoms with Gasteiger partial charge >= 0.3 is 6.09 Å². The van der Waals surface area contributed by atoms with Gasteiger partial charge in [0.1, 0.15) is 6.10 Å². The highest BCUT2D eigenvalue weighted by atomic mass is 79.9. The Hall–Kier alpha value is -1.73. The Kier molecular flexibility index (Phi) is 3.96. The molecule has 0 saturated heterocycles. The van der Waals surface area contributed by atoms with E-state index in [1.807, 2.05) is 18.2 Å². The Labute approximate surface area is 154 Å². The lowest BCUT2D eigenvalue weighted by Gasteiger charge is -2.35. The molecule has 0 fully saturated rings. The first-order chi connectivity index (χ1) is 12.0. The molecule has 1 aromatic carbocycles. The van der Waals surface area contributed by atoms with E-state index in [1.165, 1.54) is 7.11 Å². The SMILES string of the molecule is COC(=O)N1CCC23C=C[C@H](O)CC2Oc2c(OC)cc(Br)c(c23)C1. The Morgan fingerprint density at radius 3 is 3.00 bits per heavy atom. The van der Waals surface area contributed by atoms with Gasteiger partial charge in [0.05, 0.1) is 32.3 Å². The van der Waals surface area contributed by atoms with Crippen LogP contribution in [-0.2, 0) is 16.7 Å². The lowest BCUT2D eigenvalue weighted by Crippen LogP contribution is -2.43. The third kappa shape index (κ3) is 2.36. The second-order valence-corrected chi connectivity index (χ2v) is 7.55. The summed E-state index contributed by atoms with van der Waals surface area (Å²) in [6.07, 6.45) is 4.06. The number of carbonyl (C=O) groups excluding carboxylic acids is 1. The summed E-state index contributed by atoms with van der Waals surface area (Å²) in [5.74, 6) is 1.38. The molecule has 25 heavy (non-hydrogen) atoms. The number of rotatable bonds is 1. The van der Waals surface area contributed by atoms with E-state index in [0.717, 1.165) is 21.3 Å². The van der Waals surface area contributed by atoms with Crippen molar-refractivity contribution in [2.45, 2.75) is 37.0 Å². The van der Waals surface area contributed by atoms with Gasteiger partial charge in [0, 0.05) is 23.0 Å². The molecule has 6 nitrogen and oxygen atoms in total. The first kappa shape index (κ1) is 16.7. The van der Waals surface area contributed by atoms with Gasteiger partial charge in [-0.15, -0.1) is 0 Å². The van der Waals surface area contributed by atoms with Gasteiger partial charge in [-0.05, 0) is 18.1 Å². The standard InChI is InChI=1S/C18H20BrNO5/c1-23-13-8-12(19)11-9-20(17(22)24-2)6-5-18-4-3-10(21)7-14(18)25-16(13)15(11)18/h3-4,8,10,14,21H,5-7,9H2,1-2H3/t10-,14?,18?/m0/s1. The zero-order valence-electron chi connectivity index (χ0n) is 14.1. The minimum Gasteiger partial charge on any atom is -0.493 e. The maximum Gasteiger partial charge on any atom is 0.409 e. The van der Waals surface area contributed by atoms with Gasteiger partial charge in [0.2, 0.25) is 0 Å². The molecule has 0 bridgehead atoms. The summed E-state index contributed by atoms with van der Waals surface area (Å²) in [4.78, 5) is 13.9. The van der Waals surface area contributed by atoms with Crippen LogP contribution >= 0.6 is 15.9 Å². The fraction of sp³-hybridized carbons (Fsp3) is 0.500. The molecule has 2 aliphatic heterocycles. The molecule has 1 N–H and O–H groups in total. The molecule has 3 atom stereocenters. The molecule has 0 radical (unpaired) electrons. The summed E-state index contributed by atoms with van der Waals surface area (Å²) >= 11 is 3.63. The number of amides is 1. The molecule has 1 aromatic rings. The second kappa shape index (κ2) is 5.92. The average Bonchev–Trinajstić information content (AvgIpc) is 2.82. The van der Waals surface area contributed by atoms with Crippen LogP contribution < -0.4 is 9.47 Å². The van der Waals surface area contributed by atoms with Gasteiger partial charge in [0.25, 0.3) is 0 Å². The van der Waals surface area contributed by atoms with E-state index in [4.69, 9.17) is 14.2 Å². The Morgan fingerprint density at radius 2 is 2.28 bits per heavy atom. The number of aliphatic hydroxyl groups is 1. The summed E-state index contributed by atoms with van der Waals surface area (Å²) in [7, 11) is 3.01. The smallest absolute Gasteiger partial charge is 0.409 e. The van der Waals surface area contributed by atoms with Crippen LogP contribution in [0.5, 0.6) is 11.5 Å². The van der Waals surface area contributed by atoms with Crippen molar-refractivity contribution < 1.29 is 24.1 Å². The monoisotopic (exact) mass is 409 g/mol. The maximum atomic E-state index is 12.2. The maximum absolute atomic E-state index is 12.2. The van der Waals surface area contributed by atoms with Crippen molar-refractivity contribution in [2.75, 3.05) is 20.8 Å². The van der Waals surface area contributed by atoms with Crippen LogP contribution in [0, 0.1) is 0 Å². The van der Waals surface area contributed by atoms with Crippen molar-refractivity contribution in [3.05, 3.63) is 33.8 Å². The predicted molar refractivity (Wildman–Crippen MR) is 94.0 cm³/mol. The highest BCUT2D eigenvalue weighted by molar-refractivity contribution is 9.10. The summed E-state index contributed by atoms with van der Waals surface area (Å²) in [5, 5.41) is 10.1. The van der Waals surface area contributed by atoms with Crippen LogP contribution in [0.25, 0.3) is 0 Å². The quantitative estimate of drug-likeness (QED) is 0.722. The molecule has 2 unspecified atom stereocenters. The van der Waals surface area contributed by atoms with E-state index in [0.29, 0.717) is 31.7 Å². The number of nitrogens with zero attached hydrogens (tertiary/aromatic N) is 1. The number of ether oxygens (including phenoxy) is 3. The van der Waals surface area contributed by atoms with Gasteiger partial charge in [0.15, 0.2) is 11.5 Å². The van der Waals surface area contributed by atoms with Gasteiger partial charge in [-0.1, -0.05) is 28.1 Å². The van der Waals surface area contributed by atoms with Crippen molar-refractivity contribution >= 4 is 22.0 Å². The number of carbonyl (C=O) groups is 1. The molecule has 1 amide bonds. The number of hydrogen-bond donors (Lipinski definition) is 1. The van der Waals surface area contributed by atoms with Crippen LogP contribution in [0.1, 0.15) is 24.0 Å². The van der Waals surface area contributed by atoms with E-state index in [-0.39, 0.29) is 17.6 Å². The first-order valence-corrected chi connectivity index (χ1v) is 9.06. The third-order valence-electron chi connectivity index (χ3n) is 5.47. The van der Waals surface area contributed by atoms with E-state index >= 15 is 0 Å². The van der Waals surface area contributed by atoms with E-state index in [1.54, 1.807) is 12.0 Å². The van der Waals surface area contributed by atoms with Gasteiger partial charge in [-0.25, -0.2) is 4.79 Å². The second-order valence-electron chi connectivity index (χ2n) is 6.69. The topological polar surface area (TPSA) is 68.2 Å². The van der Waals surface area contributed by atoms with Gasteiger partial charge < -0.3 is 24.2 Å². The van der Waals surface area contributed by atoms with E-state index in [2.05, 4.69) is 15.9 Å². The van der Waals surface area contributed by atoms with Crippen molar-refractivity contribution in [1.29, 1.82) is 0 Å². The molecule has 134 valence electrons. The Balaban J connectivity index is 1.93. The van der Waals surface area contributed by atoms with Crippen LogP contribution in [0.15, 0.2) is 22.7 Å². The van der Waals surface area contributed by atoms with Crippen molar-refractivity contribution in [2.24, 2.45) is 0 Å². The summed E-state index contributed by atoms with van der Waals surface area (Å²) in [6, 6.07) is 1.88. The molecule has 2 heterocycles. The molecular weight excluding hydrogens is 390 g/mol. The molecule has 1 spiro atoms. The Morgan fingerprint density at radius 1 is 1.48 bits per heavy atom. The van der Waals surface area contributed by atoms with Gasteiger partial charge in [-0.2, -0.15) is 0 Å². The van der Waals surface area contributed by atoms with Crippen molar-refractivity contribution in [3.8, 4) is 11.5 Å². The van der Waals surface area contributed by atoms with Crippen molar-refractivity contribution in [1.82, 2.24) is 4.90 Å². The molecule has 1 aliphatic carbocycles. The molecular formula is C18H20BrNO5. The van der Waals surface area contributed by atoms with Crippen LogP contribution in [0.2, 0.25) is 0 Å². The van der Waals surface area contributed by atoms with Crippen LogP contribution in [0.3, 0.4) is 0 Å². The zero-order valence-corrected chi connectivity index (χ0v) is 15.7. The summed E-state index contributed by atoms with van der Waals surface area (Å²) in [6.45, 7) is 0.990. The fourth-order valence-electron chi connectivity index (χ4n) is 4.25. The number of methoxy groups -OCH3 is 2. The van der Waals surface area contributed by atoms with Crippen molar-refractivity contribution in [3.63, 3.8) is 0 Å². The minimum absolute atomic E-state index is 0.179. The highest BCUT2D eigenvalue weighted by Gasteiger charge is 2.53. The number of hydrogen-bond acceptors (Lipinski definition) is 5. The highest BCUT2D eigenvalue weighted by Crippen LogP contribution is 2.57. The van der Waals surface area contributed by atoms with E-state index in [9.17, 15) is 9.90 Å². The normalized spacial score (nSPS) is 29.4. The molecule has 3 aliphatic rings. The van der Waals surface area contributed by atoms with Crippen LogP contribution in [-0.4, -0.2) is 49.1 Å². The molecule has 0 saturated carbocycles. The largest absolute Gasteiger partial charge is 0.493 e. The molecule has 0 aromatic heterocycles. The van der Waals surface area contributed by atoms with Crippen LogP contribution in [0.4, 0.5) is 4.79 Å². The van der Waals surface area contributed by atoms with Gasteiger partial charge in [-0.3, -0.25) is 0 Å². The lowest BCUT2D eigenvalue weighted by atomic mass is 9.69. The lowest BCUT2D eigenvalue weighted by molar-refractivity contribution is 0.0781. The molecule has 4 rings (SSSR count). The number of halogens is 1. The first-order valence-electron chi connectivity index (χ1n) is 8.27.